The van der Waals surface area contributed by atoms with Gasteiger partial charge in [-0.1, -0.05) is 25.1 Å². The molecule has 2 heterocycles. The van der Waals surface area contributed by atoms with Crippen LogP contribution < -0.4 is 4.90 Å². The van der Waals surface area contributed by atoms with Crippen LogP contribution in [0, 0.1) is 21.5 Å². The lowest BCUT2D eigenvalue weighted by Gasteiger charge is -2.48. The molecule has 1 saturated heterocycles. The minimum Gasteiger partial charge on any atom is -0.367 e. The number of hydrogen-bond acceptors (Lipinski definition) is 4. The van der Waals surface area contributed by atoms with Crippen molar-refractivity contribution in [3.8, 4) is 17.3 Å². The summed E-state index contributed by atoms with van der Waals surface area (Å²) in [5.74, 6) is 0.133. The van der Waals surface area contributed by atoms with Crippen molar-refractivity contribution in [3.05, 3.63) is 48.5 Å². The Hall–Kier alpha value is -2.99. The Morgan fingerprint density at radius 2 is 1.93 bits per heavy atom. The molecule has 1 aromatic heterocycles. The lowest BCUT2D eigenvalue weighted by atomic mass is 9.79. The highest BCUT2D eigenvalue weighted by atomic mass is 32.2. The first kappa shape index (κ1) is 20.3. The number of nitrogens with zero attached hydrogens (tertiary/aromatic N) is 2. The lowest BCUT2D eigenvalue weighted by Crippen LogP contribution is -2.63. The van der Waals surface area contributed by atoms with Gasteiger partial charge in [0.15, 0.2) is 5.41 Å². The third-order valence-electron chi connectivity index (χ3n) is 5.59. The molecule has 0 saturated carbocycles. The summed E-state index contributed by atoms with van der Waals surface area (Å²) < 4.78 is 60.8. The fraction of sp³-hybridized carbons (Fsp3) is 0.286. The van der Waals surface area contributed by atoms with E-state index >= 15 is 0 Å². The van der Waals surface area contributed by atoms with E-state index in [1.807, 2.05) is 30.3 Å². The van der Waals surface area contributed by atoms with Gasteiger partial charge in [-0.3, -0.25) is 0 Å². The highest BCUT2D eigenvalue weighted by Gasteiger charge is 2.63. The Balaban J connectivity index is 1.83. The number of H-pyrrole nitrogens is 1. The standard InChI is InChI=1S/C21H19F3N4OS/c1-2-30(26,29)15-7-8-19(28-12-20(11-25,13-28)21(22,23)24)16(10-15)18-9-14-5-3-4-6-17(14)27-18/h3-10,26-27H,2,12-13H2,1H3/t30-/m1/s1. The zero-order valence-electron chi connectivity index (χ0n) is 16.1. The maximum absolute atomic E-state index is 13.4. The summed E-state index contributed by atoms with van der Waals surface area (Å²) in [6, 6.07) is 15.6. The van der Waals surface area contributed by atoms with E-state index in [-0.39, 0.29) is 5.75 Å². The summed E-state index contributed by atoms with van der Waals surface area (Å²) >= 11 is 0. The molecule has 2 aromatic carbocycles. The van der Waals surface area contributed by atoms with Crippen LogP contribution in [0.15, 0.2) is 53.4 Å². The van der Waals surface area contributed by atoms with Gasteiger partial charge in [0.25, 0.3) is 0 Å². The number of rotatable bonds is 4. The van der Waals surface area contributed by atoms with Gasteiger partial charge in [0.05, 0.1) is 15.8 Å². The number of nitriles is 1. The highest BCUT2D eigenvalue weighted by Crippen LogP contribution is 2.48. The maximum Gasteiger partial charge on any atom is 0.410 e. The first-order valence-corrected chi connectivity index (χ1v) is 11.0. The number of nitrogens with one attached hydrogen (secondary N) is 2. The number of aromatic amines is 1. The van der Waals surface area contributed by atoms with Gasteiger partial charge in [0.2, 0.25) is 0 Å². The van der Waals surface area contributed by atoms with Crippen molar-refractivity contribution in [2.45, 2.75) is 18.0 Å². The Labute approximate surface area is 172 Å². The van der Waals surface area contributed by atoms with Gasteiger partial charge in [-0.05, 0) is 30.3 Å². The number of anilines is 1. The quantitative estimate of drug-likeness (QED) is 0.598. The molecule has 0 aliphatic carbocycles. The number of hydrogen-bond donors (Lipinski definition) is 2. The van der Waals surface area contributed by atoms with Crippen LogP contribution >= 0.6 is 0 Å². The van der Waals surface area contributed by atoms with Gasteiger partial charge >= 0.3 is 6.18 Å². The van der Waals surface area contributed by atoms with Crippen LogP contribution in [0.4, 0.5) is 18.9 Å². The summed E-state index contributed by atoms with van der Waals surface area (Å²) in [7, 11) is -3.01. The minimum atomic E-state index is -4.61. The summed E-state index contributed by atoms with van der Waals surface area (Å²) in [5.41, 5.74) is 0.185. The zero-order chi connectivity index (χ0) is 21.7. The molecule has 5 nitrogen and oxygen atoms in total. The van der Waals surface area contributed by atoms with Crippen molar-refractivity contribution >= 4 is 26.3 Å². The molecule has 1 atom stereocenters. The van der Waals surface area contributed by atoms with Crippen LogP contribution in [0.25, 0.3) is 22.2 Å². The number of halogens is 3. The van der Waals surface area contributed by atoms with E-state index in [1.165, 1.54) is 17.0 Å². The molecule has 0 spiro atoms. The summed E-state index contributed by atoms with van der Waals surface area (Å²) in [6.45, 7) is 0.721. The Bertz CT molecular complexity index is 1230. The molecule has 1 fully saturated rings. The summed E-state index contributed by atoms with van der Waals surface area (Å²) in [5, 5.41) is 10.1. The molecular formula is C21H19F3N4OS. The first-order chi connectivity index (χ1) is 14.1. The van der Waals surface area contributed by atoms with Gasteiger partial charge in [-0.25, -0.2) is 8.99 Å². The van der Waals surface area contributed by atoms with Crippen LogP contribution in [0.3, 0.4) is 0 Å². The van der Waals surface area contributed by atoms with Crippen LogP contribution in [0.5, 0.6) is 0 Å². The van der Waals surface area contributed by atoms with Crippen LogP contribution in [0.2, 0.25) is 0 Å². The molecule has 3 aromatic rings. The molecule has 30 heavy (non-hydrogen) atoms. The lowest BCUT2D eigenvalue weighted by molar-refractivity contribution is -0.209. The van der Waals surface area contributed by atoms with Gasteiger partial charge in [-0.15, -0.1) is 0 Å². The molecule has 2 N–H and O–H groups in total. The van der Waals surface area contributed by atoms with Gasteiger partial charge in [-0.2, -0.15) is 18.4 Å². The minimum absolute atomic E-state index is 0.133. The van der Waals surface area contributed by atoms with Crippen LogP contribution in [0.1, 0.15) is 6.92 Å². The van der Waals surface area contributed by atoms with Gasteiger partial charge in [0.1, 0.15) is 0 Å². The number of aromatic nitrogens is 1. The second-order valence-corrected chi connectivity index (χ2v) is 9.86. The van der Waals surface area contributed by atoms with Crippen molar-refractivity contribution in [3.63, 3.8) is 0 Å². The van der Waals surface area contributed by atoms with E-state index in [4.69, 9.17) is 10.0 Å². The second-order valence-electron chi connectivity index (χ2n) is 7.46. The second kappa shape index (κ2) is 6.77. The van der Waals surface area contributed by atoms with Crippen molar-refractivity contribution in [1.82, 2.24) is 4.98 Å². The maximum atomic E-state index is 13.4. The number of alkyl halides is 3. The fourth-order valence-corrected chi connectivity index (χ4v) is 4.62. The molecule has 0 radical (unpaired) electrons. The van der Waals surface area contributed by atoms with Crippen LogP contribution in [-0.2, 0) is 9.73 Å². The predicted molar refractivity (Wildman–Crippen MR) is 110 cm³/mol. The highest BCUT2D eigenvalue weighted by molar-refractivity contribution is 7.92. The predicted octanol–water partition coefficient (Wildman–Crippen LogP) is 5.15. The first-order valence-electron chi connectivity index (χ1n) is 9.32. The Morgan fingerprint density at radius 1 is 1.23 bits per heavy atom. The third kappa shape index (κ3) is 3.12. The van der Waals surface area contributed by atoms with E-state index in [9.17, 15) is 17.4 Å². The van der Waals surface area contributed by atoms with Gasteiger partial charge in [0, 0.05) is 51.6 Å². The molecule has 156 valence electrons. The van der Waals surface area contributed by atoms with Crippen molar-refractivity contribution in [1.29, 1.82) is 10.0 Å². The van der Waals surface area contributed by atoms with E-state index in [1.54, 1.807) is 19.1 Å². The number of fused-ring (bicyclic) bond motifs is 1. The van der Waals surface area contributed by atoms with Crippen LogP contribution in [-0.4, -0.2) is 34.2 Å². The molecule has 4 rings (SSSR count). The molecule has 1 aliphatic rings. The smallest absolute Gasteiger partial charge is 0.367 e. The molecule has 0 bridgehead atoms. The number of benzene rings is 2. The fourth-order valence-electron chi connectivity index (χ4n) is 3.69. The Kier molecular flexibility index (Phi) is 4.58. The SMILES string of the molecule is CC[S@@](=N)(=O)c1ccc(N2CC(C#N)(C(F)(F)F)C2)c(-c2cc3ccccc3[nH]2)c1. The summed E-state index contributed by atoms with van der Waals surface area (Å²) in [6.07, 6.45) is -4.61. The normalized spacial score (nSPS) is 17.9. The third-order valence-corrected chi connectivity index (χ3v) is 7.42. The average Bonchev–Trinajstić information content (AvgIpc) is 3.10. The summed E-state index contributed by atoms with van der Waals surface area (Å²) in [4.78, 5) is 5.07. The van der Waals surface area contributed by atoms with Crippen molar-refractivity contribution in [2.75, 3.05) is 23.7 Å². The molecule has 1 aliphatic heterocycles. The van der Waals surface area contributed by atoms with E-state index in [2.05, 4.69) is 4.98 Å². The topological polar surface area (TPSA) is 83.7 Å². The van der Waals surface area contributed by atoms with E-state index < -0.39 is 34.4 Å². The van der Waals surface area contributed by atoms with Gasteiger partial charge < -0.3 is 9.88 Å². The molecule has 9 heteroatoms. The van der Waals surface area contributed by atoms with E-state index in [0.29, 0.717) is 21.8 Å². The molecular weight excluding hydrogens is 413 g/mol. The average molecular weight is 432 g/mol. The zero-order valence-corrected chi connectivity index (χ0v) is 16.9. The van der Waals surface area contributed by atoms with Crippen molar-refractivity contribution in [2.24, 2.45) is 5.41 Å². The van der Waals surface area contributed by atoms with E-state index in [0.717, 1.165) is 10.9 Å². The van der Waals surface area contributed by atoms with Crippen molar-refractivity contribution < 1.29 is 17.4 Å². The molecule has 0 unspecified atom stereocenters. The monoisotopic (exact) mass is 432 g/mol. The number of para-hydroxylation sites is 1. The largest absolute Gasteiger partial charge is 0.410 e. The Morgan fingerprint density at radius 3 is 2.53 bits per heavy atom. The molecule has 0 amide bonds.